The lowest BCUT2D eigenvalue weighted by molar-refractivity contribution is 0.0376. The third kappa shape index (κ3) is 4.11. The van der Waals surface area contributed by atoms with Crippen LogP contribution in [0.15, 0.2) is 28.2 Å². The highest BCUT2D eigenvalue weighted by molar-refractivity contribution is 7.13. The van der Waals surface area contributed by atoms with Gasteiger partial charge >= 0.3 is 11.9 Å². The molecule has 3 rings (SSSR count). The Bertz CT molecular complexity index is 953. The third-order valence-corrected chi connectivity index (χ3v) is 4.68. The summed E-state index contributed by atoms with van der Waals surface area (Å²) in [4.78, 5) is 32.8. The molecule has 0 aliphatic heterocycles. The molecule has 7 nitrogen and oxygen atoms in total. The molecular weight excluding hydrogens is 368 g/mol. The van der Waals surface area contributed by atoms with E-state index in [1.54, 1.807) is 27.7 Å². The second-order valence-corrected chi connectivity index (χ2v) is 7.22. The lowest BCUT2D eigenvalue weighted by Gasteiger charge is -2.08. The second-order valence-electron chi connectivity index (χ2n) is 6.28. The molecule has 0 saturated carbocycles. The fourth-order valence-corrected chi connectivity index (χ4v) is 3.29. The first-order chi connectivity index (χ1) is 12.9. The standard InChI is InChI=1S/C19H20N2O5S/c1-10(2)26-18(22)15-11(3)16(20-12(15)4)19(23)25-9-13-8-24-17(21-13)14-6-5-7-27-14/h5-8,10,20H,9H2,1-4H3. The summed E-state index contributed by atoms with van der Waals surface area (Å²) in [6, 6.07) is 3.80. The smallest absolute Gasteiger partial charge is 0.355 e. The average Bonchev–Trinajstić information content (AvgIpc) is 3.31. The molecule has 0 spiro atoms. The molecule has 0 fully saturated rings. The normalized spacial score (nSPS) is 11.0. The largest absolute Gasteiger partial charge is 0.459 e. The third-order valence-electron chi connectivity index (χ3n) is 3.82. The van der Waals surface area contributed by atoms with Crippen LogP contribution in [0.4, 0.5) is 0 Å². The molecule has 0 bridgehead atoms. The van der Waals surface area contributed by atoms with Gasteiger partial charge in [0.15, 0.2) is 0 Å². The van der Waals surface area contributed by atoms with Crippen LogP contribution in [0, 0.1) is 13.8 Å². The van der Waals surface area contributed by atoms with Crippen LogP contribution >= 0.6 is 11.3 Å². The summed E-state index contributed by atoms with van der Waals surface area (Å²) in [5.74, 6) is -0.547. The first kappa shape index (κ1) is 18.9. The number of hydrogen-bond acceptors (Lipinski definition) is 7. The molecule has 1 N–H and O–H groups in total. The maximum Gasteiger partial charge on any atom is 0.355 e. The maximum atomic E-state index is 12.4. The molecule has 0 unspecified atom stereocenters. The van der Waals surface area contributed by atoms with E-state index in [0.29, 0.717) is 28.4 Å². The van der Waals surface area contributed by atoms with Crippen molar-refractivity contribution in [2.45, 2.75) is 40.4 Å². The Morgan fingerprint density at radius 1 is 1.30 bits per heavy atom. The molecule has 27 heavy (non-hydrogen) atoms. The molecular formula is C19H20N2O5S. The summed E-state index contributed by atoms with van der Waals surface area (Å²) >= 11 is 1.51. The molecule has 0 aliphatic carbocycles. The molecule has 8 heteroatoms. The highest BCUT2D eigenvalue weighted by Gasteiger charge is 2.24. The van der Waals surface area contributed by atoms with Crippen molar-refractivity contribution in [2.75, 3.05) is 0 Å². The maximum absolute atomic E-state index is 12.4. The number of aromatic amines is 1. The minimum absolute atomic E-state index is 0.0308. The lowest BCUT2D eigenvalue weighted by Crippen LogP contribution is -2.13. The van der Waals surface area contributed by atoms with Crippen molar-refractivity contribution >= 4 is 23.3 Å². The topological polar surface area (TPSA) is 94.4 Å². The molecule has 3 heterocycles. The van der Waals surface area contributed by atoms with Crippen LogP contribution in [0.25, 0.3) is 10.8 Å². The molecule has 142 valence electrons. The zero-order valence-corrected chi connectivity index (χ0v) is 16.3. The van der Waals surface area contributed by atoms with Crippen molar-refractivity contribution < 1.29 is 23.5 Å². The fourth-order valence-electron chi connectivity index (χ4n) is 2.63. The fraction of sp³-hybridized carbons (Fsp3) is 0.316. The predicted octanol–water partition coefficient (Wildman–Crippen LogP) is 4.27. The van der Waals surface area contributed by atoms with Crippen molar-refractivity contribution in [1.29, 1.82) is 0 Å². The van der Waals surface area contributed by atoms with Gasteiger partial charge in [-0.05, 0) is 44.7 Å². The Hall–Kier alpha value is -2.87. The highest BCUT2D eigenvalue weighted by atomic mass is 32.1. The lowest BCUT2D eigenvalue weighted by atomic mass is 10.1. The van der Waals surface area contributed by atoms with Gasteiger partial charge in [0, 0.05) is 5.69 Å². The number of thiophene rings is 1. The van der Waals surface area contributed by atoms with Crippen molar-refractivity contribution in [3.63, 3.8) is 0 Å². The summed E-state index contributed by atoms with van der Waals surface area (Å²) in [7, 11) is 0. The number of carbonyl (C=O) groups is 2. The van der Waals surface area contributed by atoms with Gasteiger partial charge in [-0.3, -0.25) is 0 Å². The van der Waals surface area contributed by atoms with Gasteiger partial charge in [-0.15, -0.1) is 11.3 Å². The Labute approximate surface area is 160 Å². The van der Waals surface area contributed by atoms with Crippen molar-refractivity contribution in [3.8, 4) is 10.8 Å². The average molecular weight is 388 g/mol. The minimum atomic E-state index is -0.570. The van der Waals surface area contributed by atoms with E-state index in [2.05, 4.69) is 9.97 Å². The molecule has 3 aromatic rings. The van der Waals surface area contributed by atoms with Gasteiger partial charge < -0.3 is 18.9 Å². The van der Waals surface area contributed by atoms with Crippen LogP contribution < -0.4 is 0 Å². The number of ether oxygens (including phenoxy) is 2. The Morgan fingerprint density at radius 2 is 2.07 bits per heavy atom. The zero-order chi connectivity index (χ0) is 19.6. The molecule has 0 aliphatic rings. The number of hydrogen-bond donors (Lipinski definition) is 1. The summed E-state index contributed by atoms with van der Waals surface area (Å²) in [5.41, 5.74) is 2.16. The van der Waals surface area contributed by atoms with Crippen molar-refractivity contribution in [3.05, 3.63) is 52.0 Å². The van der Waals surface area contributed by atoms with Crippen LogP contribution in [-0.4, -0.2) is 28.0 Å². The Morgan fingerprint density at radius 3 is 2.74 bits per heavy atom. The first-order valence-electron chi connectivity index (χ1n) is 8.42. The van der Waals surface area contributed by atoms with Gasteiger partial charge in [0.1, 0.15) is 24.3 Å². The SMILES string of the molecule is Cc1[nH]c(C(=O)OCc2coc(-c3cccs3)n2)c(C)c1C(=O)OC(C)C. The summed E-state index contributed by atoms with van der Waals surface area (Å²) in [5, 5.41) is 1.93. The first-order valence-corrected chi connectivity index (χ1v) is 9.30. The quantitative estimate of drug-likeness (QED) is 0.634. The summed E-state index contributed by atoms with van der Waals surface area (Å²) in [6.45, 7) is 6.91. The monoisotopic (exact) mass is 388 g/mol. The number of nitrogens with zero attached hydrogens (tertiary/aromatic N) is 1. The molecule has 3 aromatic heterocycles. The number of nitrogens with one attached hydrogen (secondary N) is 1. The van der Waals surface area contributed by atoms with Gasteiger partial charge in [-0.1, -0.05) is 6.07 Å². The number of H-pyrrole nitrogens is 1. The number of aryl methyl sites for hydroxylation is 1. The number of esters is 2. The van der Waals surface area contributed by atoms with Crippen LogP contribution in [0.3, 0.4) is 0 Å². The van der Waals surface area contributed by atoms with Gasteiger partial charge in [0.05, 0.1) is 16.5 Å². The van der Waals surface area contributed by atoms with Crippen LogP contribution in [0.5, 0.6) is 0 Å². The van der Waals surface area contributed by atoms with Crippen molar-refractivity contribution in [2.24, 2.45) is 0 Å². The van der Waals surface area contributed by atoms with E-state index in [9.17, 15) is 9.59 Å². The molecule has 0 amide bonds. The number of rotatable bonds is 6. The summed E-state index contributed by atoms with van der Waals surface area (Å²) < 4.78 is 15.9. The van der Waals surface area contributed by atoms with E-state index in [0.717, 1.165) is 4.88 Å². The Balaban J connectivity index is 1.69. The minimum Gasteiger partial charge on any atom is -0.459 e. The zero-order valence-electron chi connectivity index (χ0n) is 15.5. The van der Waals surface area contributed by atoms with Crippen molar-refractivity contribution in [1.82, 2.24) is 9.97 Å². The Kier molecular flexibility index (Phi) is 5.46. The highest BCUT2D eigenvalue weighted by Crippen LogP contribution is 2.24. The van der Waals surface area contributed by atoms with E-state index >= 15 is 0 Å². The number of carbonyl (C=O) groups excluding carboxylic acids is 2. The van der Waals surface area contributed by atoms with Crippen LogP contribution in [-0.2, 0) is 16.1 Å². The molecule has 0 saturated heterocycles. The van der Waals surface area contributed by atoms with E-state index in [-0.39, 0.29) is 18.4 Å². The predicted molar refractivity (Wildman–Crippen MR) is 99.8 cm³/mol. The van der Waals surface area contributed by atoms with Gasteiger partial charge in [0.2, 0.25) is 5.89 Å². The van der Waals surface area contributed by atoms with E-state index in [1.165, 1.54) is 17.6 Å². The van der Waals surface area contributed by atoms with E-state index < -0.39 is 11.9 Å². The van der Waals surface area contributed by atoms with Crippen LogP contribution in [0.2, 0.25) is 0 Å². The van der Waals surface area contributed by atoms with Crippen LogP contribution in [0.1, 0.15) is 51.6 Å². The van der Waals surface area contributed by atoms with Gasteiger partial charge in [-0.25, -0.2) is 14.6 Å². The number of oxazole rings is 1. The molecule has 0 radical (unpaired) electrons. The van der Waals surface area contributed by atoms with Gasteiger partial charge in [-0.2, -0.15) is 0 Å². The molecule has 0 atom stereocenters. The number of aromatic nitrogens is 2. The summed E-state index contributed by atoms with van der Waals surface area (Å²) in [6.07, 6.45) is 1.21. The van der Waals surface area contributed by atoms with E-state index in [4.69, 9.17) is 13.9 Å². The second kappa shape index (κ2) is 7.79. The van der Waals surface area contributed by atoms with Gasteiger partial charge in [0.25, 0.3) is 0 Å². The van der Waals surface area contributed by atoms with E-state index in [1.807, 2.05) is 17.5 Å². The molecule has 0 aromatic carbocycles.